The van der Waals surface area contributed by atoms with Crippen molar-refractivity contribution in [2.75, 3.05) is 19.4 Å². The lowest BCUT2D eigenvalue weighted by atomic mass is 10.2. The van der Waals surface area contributed by atoms with Crippen molar-refractivity contribution in [1.29, 1.82) is 0 Å². The highest BCUT2D eigenvalue weighted by molar-refractivity contribution is 7.99. The van der Waals surface area contributed by atoms with Crippen LogP contribution in [0.4, 0.5) is 0 Å². The number of thiophene rings is 1. The molecule has 0 fully saturated rings. The van der Waals surface area contributed by atoms with Gasteiger partial charge in [-0.1, -0.05) is 11.8 Å². The number of hydrogen-bond donors (Lipinski definition) is 1. The van der Waals surface area contributed by atoms with Crippen molar-refractivity contribution in [1.82, 2.24) is 20.5 Å². The topological polar surface area (TPSA) is 90.1 Å². The molecule has 0 saturated heterocycles. The summed E-state index contributed by atoms with van der Waals surface area (Å²) in [5, 5.41) is 14.5. The number of rotatable bonds is 9. The fourth-order valence-corrected chi connectivity index (χ4v) is 5.00. The van der Waals surface area contributed by atoms with Crippen LogP contribution in [-0.2, 0) is 11.2 Å². The van der Waals surface area contributed by atoms with Gasteiger partial charge in [0.05, 0.1) is 28.4 Å². The average Bonchev–Trinajstić information content (AvgIpc) is 3.53. The standard InChI is InChI=1S/C21H20N4O3S3/c1-13-23-17(11-29-13)18-8-7-16(31-18)9-10-22-19(26)12-30-21-25-24-20(28-21)14-3-5-15(27-2)6-4-14/h3-8,11H,9-10,12H2,1-2H3,(H,22,26). The summed E-state index contributed by atoms with van der Waals surface area (Å²) in [5.74, 6) is 1.32. The van der Waals surface area contributed by atoms with Gasteiger partial charge in [0.1, 0.15) is 5.75 Å². The molecule has 0 unspecified atom stereocenters. The van der Waals surface area contributed by atoms with E-state index in [0.29, 0.717) is 17.7 Å². The first-order chi connectivity index (χ1) is 15.1. The number of amides is 1. The van der Waals surface area contributed by atoms with E-state index >= 15 is 0 Å². The Morgan fingerprint density at radius 3 is 2.77 bits per heavy atom. The number of carbonyl (C=O) groups is 1. The van der Waals surface area contributed by atoms with E-state index in [-0.39, 0.29) is 11.7 Å². The van der Waals surface area contributed by atoms with Crippen LogP contribution in [0, 0.1) is 6.92 Å². The normalized spacial score (nSPS) is 10.9. The van der Waals surface area contributed by atoms with Crippen LogP contribution in [0.25, 0.3) is 22.0 Å². The Balaban J connectivity index is 1.21. The zero-order valence-electron chi connectivity index (χ0n) is 17.0. The van der Waals surface area contributed by atoms with E-state index in [2.05, 4.69) is 38.0 Å². The van der Waals surface area contributed by atoms with Gasteiger partial charge in [-0.3, -0.25) is 4.79 Å². The van der Waals surface area contributed by atoms with E-state index in [4.69, 9.17) is 9.15 Å². The fraction of sp³-hybridized carbons (Fsp3) is 0.238. The first kappa shape index (κ1) is 21.5. The predicted octanol–water partition coefficient (Wildman–Crippen LogP) is 4.69. The Morgan fingerprint density at radius 1 is 1.19 bits per heavy atom. The van der Waals surface area contributed by atoms with Gasteiger partial charge in [-0.15, -0.1) is 32.9 Å². The van der Waals surface area contributed by atoms with Crippen LogP contribution >= 0.6 is 34.4 Å². The number of carbonyl (C=O) groups excluding carboxylic acids is 1. The summed E-state index contributed by atoms with van der Waals surface area (Å²) in [7, 11) is 1.61. The van der Waals surface area contributed by atoms with Gasteiger partial charge < -0.3 is 14.5 Å². The Bertz CT molecular complexity index is 1150. The highest BCUT2D eigenvalue weighted by Crippen LogP contribution is 2.29. The second kappa shape index (κ2) is 10.1. The lowest BCUT2D eigenvalue weighted by Gasteiger charge is -2.02. The monoisotopic (exact) mass is 472 g/mol. The predicted molar refractivity (Wildman–Crippen MR) is 124 cm³/mol. The van der Waals surface area contributed by atoms with Gasteiger partial charge in [0.25, 0.3) is 5.22 Å². The van der Waals surface area contributed by atoms with Crippen LogP contribution in [0.1, 0.15) is 9.88 Å². The van der Waals surface area contributed by atoms with Crippen LogP contribution < -0.4 is 10.1 Å². The van der Waals surface area contributed by atoms with Crippen LogP contribution in [-0.4, -0.2) is 40.5 Å². The number of thioether (sulfide) groups is 1. The maximum Gasteiger partial charge on any atom is 0.277 e. The number of methoxy groups -OCH3 is 1. The maximum absolute atomic E-state index is 12.1. The molecule has 4 aromatic rings. The molecule has 1 amide bonds. The van der Waals surface area contributed by atoms with E-state index in [0.717, 1.165) is 33.3 Å². The van der Waals surface area contributed by atoms with Crippen LogP contribution in [0.5, 0.6) is 5.75 Å². The van der Waals surface area contributed by atoms with Crippen molar-refractivity contribution >= 4 is 40.3 Å². The van der Waals surface area contributed by atoms with Crippen LogP contribution in [0.3, 0.4) is 0 Å². The largest absolute Gasteiger partial charge is 0.497 e. The summed E-state index contributed by atoms with van der Waals surface area (Å²) in [6, 6.07) is 11.5. The molecule has 0 bridgehead atoms. The second-order valence-corrected chi connectivity index (χ2v) is 9.67. The van der Waals surface area contributed by atoms with Gasteiger partial charge in [-0.2, -0.15) is 0 Å². The third kappa shape index (κ3) is 5.72. The molecule has 0 aliphatic carbocycles. The SMILES string of the molecule is COc1ccc(-c2nnc(SCC(=O)NCCc3ccc(-c4csc(C)n4)s3)o2)cc1. The Morgan fingerprint density at radius 2 is 2.03 bits per heavy atom. The third-order valence-electron chi connectivity index (χ3n) is 4.30. The molecule has 0 aliphatic rings. The number of hydrogen-bond acceptors (Lipinski definition) is 9. The van der Waals surface area contributed by atoms with Crippen molar-refractivity contribution in [3.05, 3.63) is 51.7 Å². The minimum Gasteiger partial charge on any atom is -0.497 e. The molecule has 0 atom stereocenters. The van der Waals surface area contributed by atoms with Crippen LogP contribution in [0.15, 0.2) is 51.4 Å². The average molecular weight is 473 g/mol. The highest BCUT2D eigenvalue weighted by atomic mass is 32.2. The first-order valence-electron chi connectivity index (χ1n) is 9.49. The zero-order chi connectivity index (χ0) is 21.6. The number of ether oxygens (including phenoxy) is 1. The molecule has 0 radical (unpaired) electrons. The van der Waals surface area contributed by atoms with E-state index in [1.165, 1.54) is 16.6 Å². The number of benzene rings is 1. The molecule has 160 valence electrons. The summed E-state index contributed by atoms with van der Waals surface area (Å²) in [4.78, 5) is 19.0. The summed E-state index contributed by atoms with van der Waals surface area (Å²) < 4.78 is 10.8. The van der Waals surface area contributed by atoms with Crippen molar-refractivity contribution in [2.45, 2.75) is 18.6 Å². The Labute approximate surface area is 191 Å². The number of nitrogens with one attached hydrogen (secondary N) is 1. The zero-order valence-corrected chi connectivity index (χ0v) is 19.4. The van der Waals surface area contributed by atoms with Gasteiger partial charge in [-0.25, -0.2) is 4.98 Å². The molecule has 3 aromatic heterocycles. The molecular weight excluding hydrogens is 452 g/mol. The molecule has 1 aromatic carbocycles. The maximum atomic E-state index is 12.1. The number of aromatic nitrogens is 3. The molecule has 0 spiro atoms. The summed E-state index contributed by atoms with van der Waals surface area (Å²) >= 11 is 4.58. The number of nitrogens with zero attached hydrogens (tertiary/aromatic N) is 3. The molecule has 4 rings (SSSR count). The highest BCUT2D eigenvalue weighted by Gasteiger charge is 2.12. The quantitative estimate of drug-likeness (QED) is 0.353. The van der Waals surface area contributed by atoms with Gasteiger partial charge in [0, 0.05) is 22.4 Å². The molecule has 31 heavy (non-hydrogen) atoms. The molecule has 3 heterocycles. The van der Waals surface area contributed by atoms with E-state index in [1.807, 2.05) is 31.2 Å². The van der Waals surface area contributed by atoms with Gasteiger partial charge >= 0.3 is 0 Å². The molecular formula is C21H20N4O3S3. The third-order valence-corrected chi connectivity index (χ3v) is 7.06. The lowest BCUT2D eigenvalue weighted by Crippen LogP contribution is -2.27. The van der Waals surface area contributed by atoms with Crippen molar-refractivity contribution in [3.63, 3.8) is 0 Å². The number of aryl methyl sites for hydroxylation is 1. The van der Waals surface area contributed by atoms with Crippen LogP contribution in [0.2, 0.25) is 0 Å². The van der Waals surface area contributed by atoms with Crippen molar-refractivity contribution < 1.29 is 13.9 Å². The van der Waals surface area contributed by atoms with Gasteiger partial charge in [-0.05, 0) is 49.7 Å². The number of thiazole rings is 1. The van der Waals surface area contributed by atoms with Gasteiger partial charge in [0.15, 0.2) is 0 Å². The Hall–Kier alpha value is -2.69. The molecule has 7 nitrogen and oxygen atoms in total. The lowest BCUT2D eigenvalue weighted by molar-refractivity contribution is -0.118. The van der Waals surface area contributed by atoms with Crippen molar-refractivity contribution in [3.8, 4) is 27.8 Å². The molecule has 1 N–H and O–H groups in total. The van der Waals surface area contributed by atoms with E-state index in [1.54, 1.807) is 29.8 Å². The summed E-state index contributed by atoms with van der Waals surface area (Å²) in [5.41, 5.74) is 1.82. The smallest absolute Gasteiger partial charge is 0.277 e. The minimum absolute atomic E-state index is 0.0684. The molecule has 0 aliphatic heterocycles. The summed E-state index contributed by atoms with van der Waals surface area (Å²) in [6.07, 6.45) is 0.784. The second-order valence-electron chi connectivity index (χ2n) is 6.51. The molecule has 0 saturated carbocycles. The van der Waals surface area contributed by atoms with Gasteiger partial charge in [0.2, 0.25) is 11.8 Å². The minimum atomic E-state index is -0.0684. The first-order valence-corrected chi connectivity index (χ1v) is 12.2. The van der Waals surface area contributed by atoms with E-state index in [9.17, 15) is 4.79 Å². The fourth-order valence-electron chi connectivity index (χ4n) is 2.75. The van der Waals surface area contributed by atoms with Crippen molar-refractivity contribution in [2.24, 2.45) is 0 Å². The van der Waals surface area contributed by atoms with E-state index < -0.39 is 0 Å². The Kier molecular flexibility index (Phi) is 7.00. The summed E-state index contributed by atoms with van der Waals surface area (Å²) in [6.45, 7) is 2.58. The molecule has 10 heteroatoms.